The van der Waals surface area contributed by atoms with Crippen molar-refractivity contribution >= 4 is 23.3 Å². The van der Waals surface area contributed by atoms with Gasteiger partial charge in [-0.15, -0.1) is 11.3 Å². The zero-order valence-electron chi connectivity index (χ0n) is 10.5. The average molecular weight is 270 g/mol. The highest BCUT2D eigenvalue weighted by molar-refractivity contribution is 7.09. The van der Waals surface area contributed by atoms with Crippen LogP contribution in [0.25, 0.3) is 0 Å². The lowest BCUT2D eigenvalue weighted by Crippen LogP contribution is -2.41. The summed E-state index contributed by atoms with van der Waals surface area (Å²) in [5.41, 5.74) is 0. The van der Waals surface area contributed by atoms with E-state index >= 15 is 0 Å². The first-order chi connectivity index (χ1) is 8.54. The topological polar surface area (TPSA) is 69.6 Å². The number of carbonyl (C=O) groups is 2. The molecule has 1 atom stereocenters. The first-order valence-electron chi connectivity index (χ1n) is 5.82. The summed E-state index contributed by atoms with van der Waals surface area (Å²) in [6.07, 6.45) is 0. The van der Waals surface area contributed by atoms with E-state index in [0.717, 1.165) is 4.88 Å². The van der Waals surface area contributed by atoms with Gasteiger partial charge in [0.15, 0.2) is 0 Å². The zero-order valence-corrected chi connectivity index (χ0v) is 11.4. The lowest BCUT2D eigenvalue weighted by atomic mass is 10.2. The molecule has 0 saturated carbocycles. The van der Waals surface area contributed by atoms with E-state index in [0.29, 0.717) is 13.1 Å². The fourth-order valence-electron chi connectivity index (χ4n) is 1.36. The van der Waals surface area contributed by atoms with E-state index in [2.05, 4.69) is 5.32 Å². The van der Waals surface area contributed by atoms with Crippen molar-refractivity contribution in [1.82, 2.24) is 10.2 Å². The number of thiophene rings is 1. The summed E-state index contributed by atoms with van der Waals surface area (Å²) in [7, 11) is 0. The number of nitrogens with one attached hydrogen (secondary N) is 1. The van der Waals surface area contributed by atoms with E-state index in [1.165, 1.54) is 0 Å². The first-order valence-corrected chi connectivity index (χ1v) is 6.70. The summed E-state index contributed by atoms with van der Waals surface area (Å²) in [6.45, 7) is 4.76. The maximum atomic E-state index is 11.9. The molecule has 1 heterocycles. The molecule has 100 valence electrons. The van der Waals surface area contributed by atoms with Crippen LogP contribution in [0.3, 0.4) is 0 Å². The van der Waals surface area contributed by atoms with E-state index in [1.807, 2.05) is 24.4 Å². The number of carboxylic acids is 1. The molecule has 0 aliphatic heterocycles. The minimum atomic E-state index is -0.906. The second-order valence-electron chi connectivity index (χ2n) is 4.02. The standard InChI is InChI=1S/C12H18N2O3S/c1-3-14(8-10-5-4-6-18-10)12(17)13-7-9(2)11(15)16/h4-6,9H,3,7-8H2,1-2H3,(H,13,17)(H,15,16). The van der Waals surface area contributed by atoms with Gasteiger partial charge >= 0.3 is 12.0 Å². The van der Waals surface area contributed by atoms with Crippen molar-refractivity contribution in [2.75, 3.05) is 13.1 Å². The van der Waals surface area contributed by atoms with Crippen molar-refractivity contribution in [3.05, 3.63) is 22.4 Å². The number of carboxylic acid groups (broad SMARTS) is 1. The Labute approximate surface area is 110 Å². The fraction of sp³-hybridized carbons (Fsp3) is 0.500. The molecule has 0 saturated heterocycles. The zero-order chi connectivity index (χ0) is 13.5. The van der Waals surface area contributed by atoms with Crippen LogP contribution in [0.1, 0.15) is 18.7 Å². The van der Waals surface area contributed by atoms with Gasteiger partial charge in [0.05, 0.1) is 12.5 Å². The highest BCUT2D eigenvalue weighted by atomic mass is 32.1. The monoisotopic (exact) mass is 270 g/mol. The van der Waals surface area contributed by atoms with E-state index < -0.39 is 11.9 Å². The Hall–Kier alpha value is -1.56. The molecule has 5 nitrogen and oxygen atoms in total. The molecule has 0 aliphatic rings. The molecule has 1 unspecified atom stereocenters. The smallest absolute Gasteiger partial charge is 0.317 e. The quantitative estimate of drug-likeness (QED) is 0.830. The predicted octanol–water partition coefficient (Wildman–Crippen LogP) is 2.00. The van der Waals surface area contributed by atoms with Crippen molar-refractivity contribution in [3.63, 3.8) is 0 Å². The number of hydrogen-bond donors (Lipinski definition) is 2. The van der Waals surface area contributed by atoms with Crippen LogP contribution in [0.2, 0.25) is 0 Å². The van der Waals surface area contributed by atoms with Gasteiger partial charge in [0.1, 0.15) is 0 Å². The molecule has 1 aromatic rings. The summed E-state index contributed by atoms with van der Waals surface area (Å²) in [4.78, 5) is 25.3. The Kier molecular flexibility index (Phi) is 5.64. The highest BCUT2D eigenvalue weighted by Crippen LogP contribution is 2.11. The van der Waals surface area contributed by atoms with Gasteiger partial charge < -0.3 is 15.3 Å². The van der Waals surface area contributed by atoms with Crippen LogP contribution >= 0.6 is 11.3 Å². The molecule has 0 aliphatic carbocycles. The van der Waals surface area contributed by atoms with Crippen LogP contribution in [-0.2, 0) is 11.3 Å². The Morgan fingerprint density at radius 1 is 1.56 bits per heavy atom. The second kappa shape index (κ2) is 7.00. The number of amides is 2. The van der Waals surface area contributed by atoms with Crippen LogP contribution in [0, 0.1) is 5.92 Å². The van der Waals surface area contributed by atoms with Crippen molar-refractivity contribution in [1.29, 1.82) is 0 Å². The van der Waals surface area contributed by atoms with Crippen molar-refractivity contribution in [3.8, 4) is 0 Å². The normalized spacial score (nSPS) is 11.9. The average Bonchev–Trinajstić information content (AvgIpc) is 2.85. The summed E-state index contributed by atoms with van der Waals surface area (Å²) in [6, 6.07) is 3.69. The minimum Gasteiger partial charge on any atom is -0.481 e. The van der Waals surface area contributed by atoms with E-state index in [4.69, 9.17) is 5.11 Å². The molecule has 0 fully saturated rings. The number of aliphatic carboxylic acids is 1. The number of rotatable bonds is 6. The third-order valence-corrected chi connectivity index (χ3v) is 3.44. The summed E-state index contributed by atoms with van der Waals surface area (Å²) < 4.78 is 0. The molecule has 2 amide bonds. The van der Waals surface area contributed by atoms with Gasteiger partial charge in [-0.3, -0.25) is 4.79 Å². The van der Waals surface area contributed by atoms with Gasteiger partial charge in [-0.1, -0.05) is 13.0 Å². The maximum absolute atomic E-state index is 11.9. The van der Waals surface area contributed by atoms with Gasteiger partial charge in [-0.25, -0.2) is 4.79 Å². The van der Waals surface area contributed by atoms with Crippen LogP contribution < -0.4 is 5.32 Å². The lowest BCUT2D eigenvalue weighted by molar-refractivity contribution is -0.140. The molecule has 0 bridgehead atoms. The third-order valence-electron chi connectivity index (χ3n) is 2.58. The fourth-order valence-corrected chi connectivity index (χ4v) is 2.08. The Balaban J connectivity index is 2.45. The molecular weight excluding hydrogens is 252 g/mol. The van der Waals surface area contributed by atoms with Gasteiger partial charge in [-0.2, -0.15) is 0 Å². The number of hydrogen-bond acceptors (Lipinski definition) is 3. The van der Waals surface area contributed by atoms with E-state index in [-0.39, 0.29) is 12.6 Å². The lowest BCUT2D eigenvalue weighted by Gasteiger charge is -2.21. The van der Waals surface area contributed by atoms with Gasteiger partial charge in [0, 0.05) is 18.0 Å². The van der Waals surface area contributed by atoms with Crippen LogP contribution in [-0.4, -0.2) is 35.1 Å². The second-order valence-corrected chi connectivity index (χ2v) is 5.05. The number of carbonyl (C=O) groups excluding carboxylic acids is 1. The van der Waals surface area contributed by atoms with Crippen molar-refractivity contribution in [2.45, 2.75) is 20.4 Å². The summed E-state index contributed by atoms with van der Waals surface area (Å²) >= 11 is 1.60. The van der Waals surface area contributed by atoms with Crippen molar-refractivity contribution in [2.24, 2.45) is 5.92 Å². The van der Waals surface area contributed by atoms with Gasteiger partial charge in [0.25, 0.3) is 0 Å². The van der Waals surface area contributed by atoms with Crippen LogP contribution in [0.15, 0.2) is 17.5 Å². The molecule has 0 spiro atoms. The number of nitrogens with zero attached hydrogens (tertiary/aromatic N) is 1. The van der Waals surface area contributed by atoms with Gasteiger partial charge in [-0.05, 0) is 18.4 Å². The Morgan fingerprint density at radius 2 is 2.28 bits per heavy atom. The first kappa shape index (κ1) is 14.5. The SMILES string of the molecule is CCN(Cc1cccs1)C(=O)NCC(C)C(=O)O. The highest BCUT2D eigenvalue weighted by Gasteiger charge is 2.16. The molecule has 1 rings (SSSR count). The molecule has 0 aromatic carbocycles. The van der Waals surface area contributed by atoms with Crippen molar-refractivity contribution < 1.29 is 14.7 Å². The molecule has 1 aromatic heterocycles. The molecule has 2 N–H and O–H groups in total. The minimum absolute atomic E-state index is 0.148. The Morgan fingerprint density at radius 3 is 2.78 bits per heavy atom. The third kappa shape index (κ3) is 4.37. The van der Waals surface area contributed by atoms with E-state index in [1.54, 1.807) is 23.2 Å². The predicted molar refractivity (Wildman–Crippen MR) is 70.6 cm³/mol. The molecular formula is C12H18N2O3S. The van der Waals surface area contributed by atoms with E-state index in [9.17, 15) is 9.59 Å². The van der Waals surface area contributed by atoms with Crippen LogP contribution in [0.4, 0.5) is 4.79 Å². The molecule has 18 heavy (non-hydrogen) atoms. The summed E-state index contributed by atoms with van der Waals surface area (Å²) in [5, 5.41) is 13.3. The van der Waals surface area contributed by atoms with Gasteiger partial charge in [0.2, 0.25) is 0 Å². The Bertz CT molecular complexity index is 392. The largest absolute Gasteiger partial charge is 0.481 e. The summed E-state index contributed by atoms with van der Waals surface area (Å²) in [5.74, 6) is -1.48. The number of urea groups is 1. The maximum Gasteiger partial charge on any atom is 0.317 e. The molecule has 0 radical (unpaired) electrons. The van der Waals surface area contributed by atoms with Crippen LogP contribution in [0.5, 0.6) is 0 Å². The molecule has 6 heteroatoms.